The molecule has 0 aromatic heterocycles. The Morgan fingerprint density at radius 3 is 2.45 bits per heavy atom. The highest BCUT2D eigenvalue weighted by molar-refractivity contribution is 7.92. The van der Waals surface area contributed by atoms with Gasteiger partial charge < -0.3 is 10.1 Å². The summed E-state index contributed by atoms with van der Waals surface area (Å²) in [4.78, 5) is 25.5. The first-order valence-electron chi connectivity index (χ1n) is 10.8. The molecule has 0 saturated heterocycles. The summed E-state index contributed by atoms with van der Waals surface area (Å²) in [6.45, 7) is 5.43. The zero-order chi connectivity index (χ0) is 24.0. The molecule has 2 aromatic carbocycles. The Labute approximate surface area is 193 Å². The summed E-state index contributed by atoms with van der Waals surface area (Å²) in [5.41, 5.74) is 2.28. The fourth-order valence-electron chi connectivity index (χ4n) is 3.46. The van der Waals surface area contributed by atoms with Crippen molar-refractivity contribution in [2.24, 2.45) is 5.10 Å². The maximum Gasteiger partial charge on any atom is 0.354 e. The zero-order valence-electron chi connectivity index (χ0n) is 18.9. The number of amides is 1. The molecule has 1 heterocycles. The lowest BCUT2D eigenvalue weighted by Crippen LogP contribution is -2.39. The summed E-state index contributed by atoms with van der Waals surface area (Å²) < 4.78 is 32.0. The second-order valence-corrected chi connectivity index (χ2v) is 9.40. The van der Waals surface area contributed by atoms with Crippen LogP contribution >= 0.6 is 0 Å². The molecule has 2 aromatic rings. The molecule has 0 saturated carbocycles. The molecular formula is C23H28N4O5S. The number of hydrazone groups is 1. The number of para-hydroxylation sites is 1. The van der Waals surface area contributed by atoms with Crippen LogP contribution in [0.15, 0.2) is 53.6 Å². The summed E-state index contributed by atoms with van der Waals surface area (Å²) in [6.07, 6.45) is 0.575. The standard InChI is InChI=1S/C23H28N4O5S/c1-4-14-33(30,31)26-19-13-9-12-18(16(19)3)24-22(28)21-15-20(23(29)32-5-2)25-27(21)17-10-7-6-8-11-17/h6-13,21,26H,4-5,14-15H2,1-3H3,(H,24,28). The van der Waals surface area contributed by atoms with Gasteiger partial charge in [0.2, 0.25) is 15.9 Å². The summed E-state index contributed by atoms with van der Waals surface area (Å²) in [6, 6.07) is 13.3. The van der Waals surface area contributed by atoms with Crippen molar-refractivity contribution < 1.29 is 22.7 Å². The maximum atomic E-state index is 13.3. The number of sulfonamides is 1. The van der Waals surface area contributed by atoms with E-state index in [4.69, 9.17) is 4.74 Å². The maximum absolute atomic E-state index is 13.3. The number of anilines is 3. The molecule has 0 aliphatic carbocycles. The van der Waals surface area contributed by atoms with E-state index >= 15 is 0 Å². The summed E-state index contributed by atoms with van der Waals surface area (Å²) in [5.74, 6) is -0.929. The monoisotopic (exact) mass is 472 g/mol. The number of ether oxygens (including phenoxy) is 1. The van der Waals surface area contributed by atoms with E-state index in [-0.39, 0.29) is 30.4 Å². The van der Waals surface area contributed by atoms with Gasteiger partial charge in [-0.15, -0.1) is 0 Å². The summed E-state index contributed by atoms with van der Waals surface area (Å²) in [5, 5.41) is 8.72. The fraction of sp³-hybridized carbons (Fsp3) is 0.348. The van der Waals surface area contributed by atoms with E-state index in [9.17, 15) is 18.0 Å². The van der Waals surface area contributed by atoms with Crippen molar-refractivity contribution in [1.29, 1.82) is 0 Å². The van der Waals surface area contributed by atoms with Crippen molar-refractivity contribution in [3.8, 4) is 0 Å². The van der Waals surface area contributed by atoms with Crippen molar-refractivity contribution >= 4 is 44.7 Å². The van der Waals surface area contributed by atoms with Crippen LogP contribution in [0.2, 0.25) is 0 Å². The van der Waals surface area contributed by atoms with E-state index in [1.807, 2.05) is 18.2 Å². The molecule has 1 atom stereocenters. The minimum absolute atomic E-state index is 0.00507. The van der Waals surface area contributed by atoms with E-state index in [2.05, 4.69) is 15.1 Å². The van der Waals surface area contributed by atoms with Crippen LogP contribution in [0, 0.1) is 6.92 Å². The lowest BCUT2D eigenvalue weighted by Gasteiger charge is -2.23. The van der Waals surface area contributed by atoms with Crippen LogP contribution in [0.25, 0.3) is 0 Å². The Balaban J connectivity index is 1.84. The molecule has 2 N–H and O–H groups in total. The van der Waals surface area contributed by atoms with Crippen LogP contribution < -0.4 is 15.0 Å². The molecule has 3 rings (SSSR count). The van der Waals surface area contributed by atoms with Crippen molar-refractivity contribution in [3.63, 3.8) is 0 Å². The molecule has 1 aliphatic rings. The zero-order valence-corrected chi connectivity index (χ0v) is 19.7. The Kier molecular flexibility index (Phi) is 7.70. The van der Waals surface area contributed by atoms with Gasteiger partial charge in [-0.25, -0.2) is 13.2 Å². The quantitative estimate of drug-likeness (QED) is 0.541. The predicted octanol–water partition coefficient (Wildman–Crippen LogP) is 3.28. The first kappa shape index (κ1) is 24.2. The van der Waals surface area contributed by atoms with Crippen molar-refractivity contribution in [2.45, 2.75) is 39.7 Å². The number of nitrogens with one attached hydrogen (secondary N) is 2. The number of benzene rings is 2. The number of carbonyl (C=O) groups excluding carboxylic acids is 2. The molecule has 33 heavy (non-hydrogen) atoms. The Morgan fingerprint density at radius 2 is 1.79 bits per heavy atom. The first-order chi connectivity index (χ1) is 15.8. The van der Waals surface area contributed by atoms with Crippen molar-refractivity contribution in [3.05, 3.63) is 54.1 Å². The lowest BCUT2D eigenvalue weighted by atomic mass is 10.1. The number of hydrogen-bond donors (Lipinski definition) is 2. The number of hydrogen-bond acceptors (Lipinski definition) is 7. The van der Waals surface area contributed by atoms with Gasteiger partial charge in [-0.05, 0) is 50.1 Å². The largest absolute Gasteiger partial charge is 0.461 e. The highest BCUT2D eigenvalue weighted by atomic mass is 32.2. The van der Waals surface area contributed by atoms with Gasteiger partial charge in [0.05, 0.1) is 23.7 Å². The molecule has 176 valence electrons. The van der Waals surface area contributed by atoms with Gasteiger partial charge in [-0.2, -0.15) is 5.10 Å². The normalized spacial score (nSPS) is 15.7. The van der Waals surface area contributed by atoms with Gasteiger partial charge in [0.15, 0.2) is 0 Å². The van der Waals surface area contributed by atoms with Crippen LogP contribution in [0.3, 0.4) is 0 Å². The topological polar surface area (TPSA) is 117 Å². The lowest BCUT2D eigenvalue weighted by molar-refractivity contribution is -0.135. The molecule has 9 nitrogen and oxygen atoms in total. The van der Waals surface area contributed by atoms with Gasteiger partial charge >= 0.3 is 5.97 Å². The van der Waals surface area contributed by atoms with Gasteiger partial charge in [0.1, 0.15) is 11.8 Å². The van der Waals surface area contributed by atoms with E-state index in [1.165, 1.54) is 5.01 Å². The Morgan fingerprint density at radius 1 is 1.09 bits per heavy atom. The number of nitrogens with zero attached hydrogens (tertiary/aromatic N) is 2. The molecular weight excluding hydrogens is 444 g/mol. The SMILES string of the molecule is CCCS(=O)(=O)Nc1cccc(NC(=O)C2CC(C(=O)OCC)=NN2c2ccccc2)c1C. The molecule has 1 unspecified atom stereocenters. The van der Waals surface area contributed by atoms with Crippen LogP contribution in [0.1, 0.15) is 32.3 Å². The van der Waals surface area contributed by atoms with Crippen LogP contribution in [0.4, 0.5) is 17.1 Å². The second-order valence-electron chi connectivity index (χ2n) is 7.56. The molecule has 0 fully saturated rings. The van der Waals surface area contributed by atoms with Gasteiger partial charge in [-0.1, -0.05) is 31.2 Å². The second kappa shape index (κ2) is 10.5. The average molecular weight is 473 g/mol. The van der Waals surface area contributed by atoms with Crippen molar-refractivity contribution in [1.82, 2.24) is 0 Å². The van der Waals surface area contributed by atoms with Crippen LogP contribution in [0.5, 0.6) is 0 Å². The van der Waals surface area contributed by atoms with Gasteiger partial charge in [0, 0.05) is 12.1 Å². The van der Waals surface area contributed by atoms with E-state index in [1.54, 1.807) is 51.1 Å². The molecule has 0 spiro atoms. The molecule has 0 radical (unpaired) electrons. The smallest absolute Gasteiger partial charge is 0.354 e. The average Bonchev–Trinajstić information content (AvgIpc) is 3.23. The molecule has 1 aliphatic heterocycles. The first-order valence-corrected chi connectivity index (χ1v) is 12.4. The molecule has 10 heteroatoms. The minimum Gasteiger partial charge on any atom is -0.461 e. The van der Waals surface area contributed by atoms with Crippen LogP contribution in [-0.4, -0.2) is 44.4 Å². The van der Waals surface area contributed by atoms with Crippen molar-refractivity contribution in [2.75, 3.05) is 27.4 Å². The van der Waals surface area contributed by atoms with E-state index in [0.29, 0.717) is 29.0 Å². The Hall–Kier alpha value is -3.40. The third-order valence-corrected chi connectivity index (χ3v) is 6.55. The van der Waals surface area contributed by atoms with E-state index in [0.717, 1.165) is 0 Å². The summed E-state index contributed by atoms with van der Waals surface area (Å²) >= 11 is 0. The third-order valence-electron chi connectivity index (χ3n) is 5.07. The van der Waals surface area contributed by atoms with Gasteiger partial charge in [-0.3, -0.25) is 14.5 Å². The fourth-order valence-corrected chi connectivity index (χ4v) is 4.65. The predicted molar refractivity (Wildman–Crippen MR) is 129 cm³/mol. The Bertz CT molecular complexity index is 1150. The number of carbonyl (C=O) groups is 2. The molecule has 0 bridgehead atoms. The third kappa shape index (κ3) is 5.89. The summed E-state index contributed by atoms with van der Waals surface area (Å²) in [7, 11) is -3.48. The minimum atomic E-state index is -3.48. The molecule has 1 amide bonds. The number of rotatable bonds is 9. The van der Waals surface area contributed by atoms with E-state index < -0.39 is 22.0 Å². The van der Waals surface area contributed by atoms with Crippen LogP contribution in [-0.2, 0) is 24.3 Å². The highest BCUT2D eigenvalue weighted by Gasteiger charge is 2.37. The number of esters is 1. The highest BCUT2D eigenvalue weighted by Crippen LogP contribution is 2.28. The van der Waals surface area contributed by atoms with Gasteiger partial charge in [0.25, 0.3) is 0 Å².